The summed E-state index contributed by atoms with van der Waals surface area (Å²) in [6, 6.07) is 53.8. The molecular weight excluding hydrogens is 693 g/mol. The Balaban J connectivity index is 1.12. The Bertz CT molecular complexity index is 3070. The summed E-state index contributed by atoms with van der Waals surface area (Å²) in [4.78, 5) is 0. The molecule has 10 rings (SSSR count). The molecule has 56 heavy (non-hydrogen) atoms. The smallest absolute Gasteiger partial charge is 0.0361 e. The molecule has 8 aromatic carbocycles. The summed E-state index contributed by atoms with van der Waals surface area (Å²) in [5, 5.41) is 10.4. The molecule has 9 aromatic rings. The van der Waals surface area contributed by atoms with Crippen LogP contribution in [0.1, 0.15) is 42.5 Å². The first-order valence-corrected chi connectivity index (χ1v) is 20.4. The molecular formula is C55H42S. The Hall–Kier alpha value is -6.28. The maximum atomic E-state index is 4.76. The first-order chi connectivity index (χ1) is 27.4. The quantitative estimate of drug-likeness (QED) is 0.0828. The SMILES string of the molecule is C=C/C(=C\C(C=C)CC(=C)c1c2ccccc2c(-c2ccc3c(c2)-c2ccc4c(ccc5sc6ccccc6c54)c2C3(C)C)c2ccccc12)c1ccccc1. The lowest BCUT2D eigenvalue weighted by atomic mass is 9.79. The lowest BCUT2D eigenvalue weighted by Gasteiger charge is -2.24. The van der Waals surface area contributed by atoms with E-state index in [2.05, 4.69) is 173 Å². The molecule has 1 aliphatic rings. The van der Waals surface area contributed by atoms with Crippen LogP contribution in [0.4, 0.5) is 0 Å². The van der Waals surface area contributed by atoms with Crippen LogP contribution in [0.15, 0.2) is 184 Å². The van der Waals surface area contributed by atoms with Crippen LogP contribution in [-0.4, -0.2) is 0 Å². The standard InChI is InChI=1S/C55H42S/c1-6-35(32-36(7-2)37-17-9-8-10-18-37)31-34(3)51-39-19-11-13-21-41(39)52(42-22-14-12-20-40(42)51)38-25-29-48-47(33-38)45-27-26-43-44(54(45)55(48,4)5)28-30-50-53(43)46-23-15-16-24-49(46)56-50/h6-30,32-33,35H,1-3,31H2,4-5H3/b36-32+. The minimum absolute atomic E-state index is 0.0960. The van der Waals surface area contributed by atoms with E-state index in [-0.39, 0.29) is 11.3 Å². The number of thiophene rings is 1. The molecule has 0 spiro atoms. The third-order valence-electron chi connectivity index (χ3n) is 12.2. The molecule has 1 aliphatic carbocycles. The molecule has 1 atom stereocenters. The molecule has 1 aromatic heterocycles. The molecule has 1 heteroatoms. The second-order valence-electron chi connectivity index (χ2n) is 15.7. The molecule has 0 radical (unpaired) electrons. The van der Waals surface area contributed by atoms with Crippen LogP contribution >= 0.6 is 11.3 Å². The molecule has 0 fully saturated rings. The Morgan fingerprint density at radius 3 is 1.96 bits per heavy atom. The highest BCUT2D eigenvalue weighted by Crippen LogP contribution is 2.54. The zero-order chi connectivity index (χ0) is 38.1. The third kappa shape index (κ3) is 5.19. The van der Waals surface area contributed by atoms with Gasteiger partial charge in [-0.25, -0.2) is 0 Å². The Morgan fingerprint density at radius 1 is 0.625 bits per heavy atom. The van der Waals surface area contributed by atoms with Gasteiger partial charge in [-0.3, -0.25) is 0 Å². The van der Waals surface area contributed by atoms with Crippen molar-refractivity contribution < 1.29 is 0 Å². The van der Waals surface area contributed by atoms with E-state index in [4.69, 9.17) is 6.58 Å². The van der Waals surface area contributed by atoms with Crippen LogP contribution in [0.25, 0.3) is 85.9 Å². The predicted octanol–water partition coefficient (Wildman–Crippen LogP) is 16.0. The predicted molar refractivity (Wildman–Crippen MR) is 247 cm³/mol. The minimum Gasteiger partial charge on any atom is -0.135 e. The van der Waals surface area contributed by atoms with E-state index in [9.17, 15) is 0 Å². The van der Waals surface area contributed by atoms with Crippen molar-refractivity contribution in [3.63, 3.8) is 0 Å². The van der Waals surface area contributed by atoms with Gasteiger partial charge in [-0.05, 0) is 119 Å². The van der Waals surface area contributed by atoms with E-state index in [0.29, 0.717) is 0 Å². The summed E-state index contributed by atoms with van der Waals surface area (Å²) < 4.78 is 2.70. The fourth-order valence-corrected chi connectivity index (χ4v) is 10.8. The molecule has 0 bridgehead atoms. The molecule has 0 N–H and O–H groups in total. The minimum atomic E-state index is -0.143. The first kappa shape index (κ1) is 34.2. The van der Waals surface area contributed by atoms with E-state index in [1.807, 2.05) is 29.6 Å². The van der Waals surface area contributed by atoms with E-state index in [0.717, 1.165) is 23.1 Å². The van der Waals surface area contributed by atoms with Crippen LogP contribution in [0.5, 0.6) is 0 Å². The van der Waals surface area contributed by atoms with Crippen molar-refractivity contribution in [3.8, 4) is 22.3 Å². The van der Waals surface area contributed by atoms with Gasteiger partial charge < -0.3 is 0 Å². The van der Waals surface area contributed by atoms with Crippen LogP contribution in [0, 0.1) is 5.92 Å². The van der Waals surface area contributed by atoms with Crippen molar-refractivity contribution >= 4 is 75.0 Å². The highest BCUT2D eigenvalue weighted by atomic mass is 32.1. The number of rotatable bonds is 8. The van der Waals surface area contributed by atoms with Crippen molar-refractivity contribution in [3.05, 3.63) is 206 Å². The van der Waals surface area contributed by atoms with Crippen molar-refractivity contribution in [1.29, 1.82) is 0 Å². The average molecular weight is 735 g/mol. The lowest BCUT2D eigenvalue weighted by Crippen LogP contribution is -2.15. The second kappa shape index (κ2) is 13.2. The number of allylic oxidation sites excluding steroid dienone is 5. The summed E-state index contributed by atoms with van der Waals surface area (Å²) in [5.41, 5.74) is 12.4. The highest BCUT2D eigenvalue weighted by Gasteiger charge is 2.37. The molecule has 1 unspecified atom stereocenters. The highest BCUT2D eigenvalue weighted by molar-refractivity contribution is 7.26. The zero-order valence-electron chi connectivity index (χ0n) is 31.9. The number of benzene rings is 8. The van der Waals surface area contributed by atoms with Crippen molar-refractivity contribution in [1.82, 2.24) is 0 Å². The molecule has 0 saturated carbocycles. The average Bonchev–Trinajstić information content (AvgIpc) is 3.73. The molecule has 0 amide bonds. The second-order valence-corrected chi connectivity index (χ2v) is 16.8. The first-order valence-electron chi connectivity index (χ1n) is 19.5. The summed E-state index contributed by atoms with van der Waals surface area (Å²) in [6.07, 6.45) is 7.01. The van der Waals surface area contributed by atoms with Gasteiger partial charge in [0.1, 0.15) is 0 Å². The molecule has 1 heterocycles. The number of fused-ring (bicyclic) bond motifs is 11. The normalized spacial score (nSPS) is 14.0. The number of hydrogen-bond donors (Lipinski definition) is 0. The zero-order valence-corrected chi connectivity index (χ0v) is 32.7. The van der Waals surface area contributed by atoms with Crippen LogP contribution in [0.2, 0.25) is 0 Å². The van der Waals surface area contributed by atoms with Gasteiger partial charge in [-0.15, -0.1) is 17.9 Å². The van der Waals surface area contributed by atoms with Gasteiger partial charge >= 0.3 is 0 Å². The maximum absolute atomic E-state index is 4.76. The van der Waals surface area contributed by atoms with E-state index >= 15 is 0 Å². The van der Waals surface area contributed by atoms with E-state index in [1.54, 1.807) is 0 Å². The maximum Gasteiger partial charge on any atom is 0.0361 e. The van der Waals surface area contributed by atoms with Crippen LogP contribution in [0.3, 0.4) is 0 Å². The van der Waals surface area contributed by atoms with Gasteiger partial charge in [0.2, 0.25) is 0 Å². The summed E-state index contributed by atoms with van der Waals surface area (Å²) in [7, 11) is 0. The van der Waals surface area contributed by atoms with E-state index < -0.39 is 0 Å². The fourth-order valence-electron chi connectivity index (χ4n) is 9.69. The Morgan fingerprint density at radius 2 is 1.27 bits per heavy atom. The molecule has 0 nitrogen and oxygen atoms in total. The largest absolute Gasteiger partial charge is 0.135 e. The summed E-state index contributed by atoms with van der Waals surface area (Å²) >= 11 is 1.89. The van der Waals surface area contributed by atoms with Crippen LogP contribution in [-0.2, 0) is 5.41 Å². The van der Waals surface area contributed by atoms with Gasteiger partial charge in [-0.2, -0.15) is 0 Å². The monoisotopic (exact) mass is 734 g/mol. The van der Waals surface area contributed by atoms with Crippen molar-refractivity contribution in [2.45, 2.75) is 25.7 Å². The molecule has 0 saturated heterocycles. The van der Waals surface area contributed by atoms with Gasteiger partial charge in [0.15, 0.2) is 0 Å². The number of hydrogen-bond acceptors (Lipinski definition) is 1. The van der Waals surface area contributed by atoms with E-state index in [1.165, 1.54) is 91.4 Å². The fraction of sp³-hybridized carbons (Fsp3) is 0.0909. The summed E-state index contributed by atoms with van der Waals surface area (Å²) in [6.45, 7) is 17.9. The topological polar surface area (TPSA) is 0 Å². The van der Waals surface area contributed by atoms with Gasteiger partial charge in [0.25, 0.3) is 0 Å². The third-order valence-corrected chi connectivity index (χ3v) is 13.4. The summed E-state index contributed by atoms with van der Waals surface area (Å²) in [5.74, 6) is 0.0960. The van der Waals surface area contributed by atoms with Crippen LogP contribution < -0.4 is 0 Å². The Kier molecular flexibility index (Phi) is 8.06. The van der Waals surface area contributed by atoms with Gasteiger partial charge in [-0.1, -0.05) is 173 Å². The van der Waals surface area contributed by atoms with Gasteiger partial charge in [0.05, 0.1) is 0 Å². The van der Waals surface area contributed by atoms with Crippen molar-refractivity contribution in [2.24, 2.45) is 5.92 Å². The van der Waals surface area contributed by atoms with Crippen molar-refractivity contribution in [2.75, 3.05) is 0 Å². The molecule has 268 valence electrons. The molecule has 0 aliphatic heterocycles. The Labute approximate surface area is 333 Å². The van der Waals surface area contributed by atoms with Gasteiger partial charge in [0, 0.05) is 25.6 Å². The lowest BCUT2D eigenvalue weighted by molar-refractivity contribution is 0.666.